The van der Waals surface area contributed by atoms with E-state index in [1.165, 1.54) is 12.8 Å². The second-order valence-corrected chi connectivity index (χ2v) is 2.49. The van der Waals surface area contributed by atoms with Crippen LogP contribution in [0.5, 0.6) is 0 Å². The highest BCUT2D eigenvalue weighted by Crippen LogP contribution is 1.94. The largest absolute Gasteiger partial charge is 0.329 e. The smallest absolute Gasteiger partial charge is 0.0546 e. The van der Waals surface area contributed by atoms with Gasteiger partial charge in [0.15, 0.2) is 0 Å². The summed E-state index contributed by atoms with van der Waals surface area (Å²) in [5, 5.41) is 3.12. The van der Waals surface area contributed by atoms with Gasteiger partial charge in [-0.2, -0.15) is 0 Å². The molecular weight excluding hydrogens is 126 g/mol. The van der Waals surface area contributed by atoms with Gasteiger partial charge in [-0.15, -0.1) is 0 Å². The predicted molar refractivity (Wildman–Crippen MR) is 44.6 cm³/mol. The van der Waals surface area contributed by atoms with Crippen LogP contribution in [0.25, 0.3) is 0 Å². The number of hydrogen-bond donors (Lipinski definition) is 3. The Morgan fingerprint density at radius 1 is 1.50 bits per heavy atom. The zero-order valence-corrected chi connectivity index (χ0v) is 6.77. The van der Waals surface area contributed by atoms with Crippen LogP contribution in [0.15, 0.2) is 0 Å². The van der Waals surface area contributed by atoms with Crippen LogP contribution in [0.3, 0.4) is 0 Å². The molecule has 0 aromatic carbocycles. The molecule has 0 aromatic rings. The number of unbranched alkanes of at least 4 members (excludes halogenated alkanes) is 1. The monoisotopic (exact) mass is 145 g/mol. The zero-order valence-electron chi connectivity index (χ0n) is 6.77. The quantitative estimate of drug-likeness (QED) is 0.461. The van der Waals surface area contributed by atoms with E-state index in [1.807, 2.05) is 0 Å². The van der Waals surface area contributed by atoms with E-state index in [4.69, 9.17) is 11.5 Å². The number of nitrogens with one attached hydrogen (secondary N) is 1. The van der Waals surface area contributed by atoms with E-state index in [-0.39, 0.29) is 6.17 Å². The van der Waals surface area contributed by atoms with Crippen molar-refractivity contribution in [3.8, 4) is 0 Å². The second-order valence-electron chi connectivity index (χ2n) is 2.49. The minimum atomic E-state index is 0.142. The fourth-order valence-electron chi connectivity index (χ4n) is 0.795. The molecule has 0 aliphatic carbocycles. The molecule has 0 aliphatic rings. The summed E-state index contributed by atoms with van der Waals surface area (Å²) in [4.78, 5) is 0. The van der Waals surface area contributed by atoms with Crippen molar-refractivity contribution in [1.29, 1.82) is 0 Å². The molecule has 0 saturated carbocycles. The molecule has 0 rings (SSSR count). The first-order valence-corrected chi connectivity index (χ1v) is 4.00. The molecule has 62 valence electrons. The van der Waals surface area contributed by atoms with Gasteiger partial charge in [-0.25, -0.2) is 0 Å². The predicted octanol–water partition coefficient (Wildman–Crippen LogP) is 0.00970. The molecule has 1 unspecified atom stereocenters. The maximum Gasteiger partial charge on any atom is 0.0546 e. The van der Waals surface area contributed by atoms with Crippen molar-refractivity contribution in [2.45, 2.75) is 32.4 Å². The highest BCUT2D eigenvalue weighted by Gasteiger charge is 1.97. The first kappa shape index (κ1) is 9.88. The van der Waals surface area contributed by atoms with Crippen LogP contribution in [0.1, 0.15) is 26.2 Å². The lowest BCUT2D eigenvalue weighted by Crippen LogP contribution is -2.39. The molecule has 0 fully saturated rings. The van der Waals surface area contributed by atoms with E-state index < -0.39 is 0 Å². The molecule has 1 atom stereocenters. The summed E-state index contributed by atoms with van der Waals surface area (Å²) in [7, 11) is 0. The Morgan fingerprint density at radius 3 is 2.70 bits per heavy atom. The third kappa shape index (κ3) is 6.01. The van der Waals surface area contributed by atoms with Crippen LogP contribution in [-0.4, -0.2) is 19.3 Å². The summed E-state index contributed by atoms with van der Waals surface area (Å²) in [5.41, 5.74) is 11.0. The van der Waals surface area contributed by atoms with Crippen LogP contribution in [0.2, 0.25) is 0 Å². The van der Waals surface area contributed by atoms with Crippen molar-refractivity contribution >= 4 is 0 Å². The maximum atomic E-state index is 5.68. The topological polar surface area (TPSA) is 64.1 Å². The molecule has 0 aliphatic heterocycles. The Balaban J connectivity index is 3.00. The van der Waals surface area contributed by atoms with Gasteiger partial charge in [0.2, 0.25) is 0 Å². The summed E-state index contributed by atoms with van der Waals surface area (Å²) in [6.07, 6.45) is 3.59. The van der Waals surface area contributed by atoms with Crippen LogP contribution in [0.4, 0.5) is 0 Å². The summed E-state index contributed by atoms with van der Waals surface area (Å²) < 4.78 is 0. The van der Waals surface area contributed by atoms with Gasteiger partial charge in [0, 0.05) is 13.1 Å². The van der Waals surface area contributed by atoms with Gasteiger partial charge in [0.05, 0.1) is 6.17 Å². The minimum absolute atomic E-state index is 0.142. The molecular formula is C7H19N3. The molecule has 0 heterocycles. The molecule has 0 amide bonds. The van der Waals surface area contributed by atoms with Crippen LogP contribution >= 0.6 is 0 Å². The number of rotatable bonds is 6. The first-order chi connectivity index (χ1) is 4.81. The van der Waals surface area contributed by atoms with Gasteiger partial charge in [-0.1, -0.05) is 19.8 Å². The molecule has 0 aromatic heterocycles. The van der Waals surface area contributed by atoms with Crippen LogP contribution in [0, 0.1) is 0 Å². The Labute approximate surface area is 63.2 Å². The molecule has 0 saturated heterocycles. The highest BCUT2D eigenvalue weighted by atomic mass is 15.0. The number of nitrogens with two attached hydrogens (primary N) is 2. The third-order valence-electron chi connectivity index (χ3n) is 1.42. The average molecular weight is 145 g/mol. The third-order valence-corrected chi connectivity index (χ3v) is 1.42. The fraction of sp³-hybridized carbons (Fsp3) is 1.00. The van der Waals surface area contributed by atoms with E-state index in [2.05, 4.69) is 12.2 Å². The Kier molecular flexibility index (Phi) is 6.91. The van der Waals surface area contributed by atoms with Gasteiger partial charge >= 0.3 is 0 Å². The van der Waals surface area contributed by atoms with Crippen LogP contribution < -0.4 is 16.8 Å². The molecule has 5 N–H and O–H groups in total. The molecule has 3 nitrogen and oxygen atoms in total. The molecule has 0 radical (unpaired) electrons. The average Bonchev–Trinajstić information content (AvgIpc) is 1.97. The van der Waals surface area contributed by atoms with Gasteiger partial charge in [-0.05, 0) is 6.42 Å². The van der Waals surface area contributed by atoms with E-state index >= 15 is 0 Å². The standard InChI is InChI=1S/C7H19N3/c1-2-3-4-7(9)10-6-5-8/h7,10H,2-6,8-9H2,1H3. The van der Waals surface area contributed by atoms with E-state index in [0.717, 1.165) is 13.0 Å². The lowest BCUT2D eigenvalue weighted by Gasteiger charge is -2.11. The lowest BCUT2D eigenvalue weighted by atomic mass is 10.2. The highest BCUT2D eigenvalue weighted by molar-refractivity contribution is 4.57. The van der Waals surface area contributed by atoms with Crippen molar-refractivity contribution in [1.82, 2.24) is 5.32 Å². The first-order valence-electron chi connectivity index (χ1n) is 4.00. The summed E-state index contributed by atoms with van der Waals surface area (Å²) >= 11 is 0. The van der Waals surface area contributed by atoms with Gasteiger partial charge < -0.3 is 16.8 Å². The second kappa shape index (κ2) is 6.99. The van der Waals surface area contributed by atoms with Crippen molar-refractivity contribution < 1.29 is 0 Å². The Hall–Kier alpha value is -0.120. The Bertz CT molecular complexity index is 57.9. The normalized spacial score (nSPS) is 13.5. The summed E-state index contributed by atoms with van der Waals surface area (Å²) in [6, 6.07) is 0. The Morgan fingerprint density at radius 2 is 2.20 bits per heavy atom. The molecule has 10 heavy (non-hydrogen) atoms. The summed E-state index contributed by atoms with van der Waals surface area (Å²) in [5.74, 6) is 0. The maximum absolute atomic E-state index is 5.68. The SMILES string of the molecule is CCCCC(N)NCCN. The zero-order chi connectivity index (χ0) is 7.82. The van der Waals surface area contributed by atoms with E-state index in [1.54, 1.807) is 0 Å². The molecule has 3 heteroatoms. The van der Waals surface area contributed by atoms with Crippen molar-refractivity contribution in [2.24, 2.45) is 11.5 Å². The van der Waals surface area contributed by atoms with E-state index in [9.17, 15) is 0 Å². The fourth-order valence-corrected chi connectivity index (χ4v) is 0.795. The molecule has 0 spiro atoms. The van der Waals surface area contributed by atoms with Gasteiger partial charge in [0.1, 0.15) is 0 Å². The summed E-state index contributed by atoms with van der Waals surface area (Å²) in [6.45, 7) is 3.65. The van der Waals surface area contributed by atoms with Crippen molar-refractivity contribution in [3.63, 3.8) is 0 Å². The van der Waals surface area contributed by atoms with Crippen molar-refractivity contribution in [2.75, 3.05) is 13.1 Å². The van der Waals surface area contributed by atoms with Crippen molar-refractivity contribution in [3.05, 3.63) is 0 Å². The van der Waals surface area contributed by atoms with Crippen LogP contribution in [-0.2, 0) is 0 Å². The van der Waals surface area contributed by atoms with Gasteiger partial charge in [-0.3, -0.25) is 0 Å². The lowest BCUT2D eigenvalue weighted by molar-refractivity contribution is 0.483. The van der Waals surface area contributed by atoms with E-state index in [0.29, 0.717) is 6.54 Å². The minimum Gasteiger partial charge on any atom is -0.329 e. The molecule has 0 bridgehead atoms. The number of hydrogen-bond acceptors (Lipinski definition) is 3. The van der Waals surface area contributed by atoms with Gasteiger partial charge in [0.25, 0.3) is 0 Å².